The number of alkyl halides is 2. The first-order valence-corrected chi connectivity index (χ1v) is 3.86. The van der Waals surface area contributed by atoms with Gasteiger partial charge in [-0.25, -0.2) is 13.6 Å². The second kappa shape index (κ2) is 4.55. The Balaban J connectivity index is 2.78. The summed E-state index contributed by atoms with van der Waals surface area (Å²) in [5.74, 6) is 0. The minimum Gasteiger partial charge on any atom is -0.453 e. The molecule has 0 aromatic heterocycles. The molecule has 0 aliphatic carbocycles. The minimum absolute atomic E-state index is 0.140. The van der Waals surface area contributed by atoms with E-state index in [0.717, 1.165) is 0 Å². The maximum absolute atomic E-state index is 12.2. The number of nitrogens with one attached hydrogen (secondary N) is 1. The number of carbonyl (C=O) groups is 1. The molecule has 0 radical (unpaired) electrons. The average molecular weight is 201 g/mol. The first kappa shape index (κ1) is 10.4. The van der Waals surface area contributed by atoms with Gasteiger partial charge in [0.05, 0.1) is 7.11 Å². The average Bonchev–Trinajstić information content (AvgIpc) is 2.18. The molecule has 0 fully saturated rings. The molecule has 0 saturated carbocycles. The summed E-state index contributed by atoms with van der Waals surface area (Å²) in [5, 5.41) is 2.29. The van der Waals surface area contributed by atoms with Crippen LogP contribution >= 0.6 is 0 Å². The smallest absolute Gasteiger partial charge is 0.411 e. The number of rotatable bonds is 2. The standard InChI is InChI=1S/C9H9F2NO2/c1-14-9(13)12-7-4-2-3-6(5-7)8(10)11/h2-5,8H,1H3,(H,12,13). The van der Waals surface area contributed by atoms with Crippen LogP contribution < -0.4 is 5.32 Å². The molecule has 0 unspecified atom stereocenters. The highest BCUT2D eigenvalue weighted by molar-refractivity contribution is 5.84. The van der Waals surface area contributed by atoms with Crippen molar-refractivity contribution >= 4 is 11.8 Å². The molecule has 0 saturated heterocycles. The van der Waals surface area contributed by atoms with E-state index in [-0.39, 0.29) is 11.3 Å². The Labute approximate surface area is 79.7 Å². The van der Waals surface area contributed by atoms with Crippen molar-refractivity contribution in [2.24, 2.45) is 0 Å². The van der Waals surface area contributed by atoms with Gasteiger partial charge in [0.25, 0.3) is 6.43 Å². The van der Waals surface area contributed by atoms with Gasteiger partial charge in [-0.3, -0.25) is 5.32 Å². The van der Waals surface area contributed by atoms with Crippen LogP contribution in [0.15, 0.2) is 24.3 Å². The highest BCUT2D eigenvalue weighted by Crippen LogP contribution is 2.21. The summed E-state index contributed by atoms with van der Waals surface area (Å²) in [6.07, 6.45) is -3.23. The molecular formula is C9H9F2NO2. The number of benzene rings is 1. The van der Waals surface area contributed by atoms with Crippen LogP contribution in [0.5, 0.6) is 0 Å². The van der Waals surface area contributed by atoms with Crippen LogP contribution in [0.3, 0.4) is 0 Å². The number of ether oxygens (including phenoxy) is 1. The lowest BCUT2D eigenvalue weighted by atomic mass is 10.2. The van der Waals surface area contributed by atoms with Crippen LogP contribution in [0, 0.1) is 0 Å². The van der Waals surface area contributed by atoms with Crippen LogP contribution in [0.4, 0.5) is 19.3 Å². The summed E-state index contributed by atoms with van der Waals surface area (Å²) in [6.45, 7) is 0. The Bertz CT molecular complexity index is 328. The largest absolute Gasteiger partial charge is 0.453 e. The Morgan fingerprint density at radius 3 is 2.79 bits per heavy atom. The molecule has 1 aromatic carbocycles. The molecule has 1 amide bonds. The van der Waals surface area contributed by atoms with Gasteiger partial charge >= 0.3 is 6.09 Å². The van der Waals surface area contributed by atoms with Gasteiger partial charge in [0.1, 0.15) is 0 Å². The minimum atomic E-state index is -2.55. The molecule has 0 aliphatic rings. The van der Waals surface area contributed by atoms with Gasteiger partial charge in [-0.1, -0.05) is 12.1 Å². The van der Waals surface area contributed by atoms with Crippen molar-refractivity contribution in [2.75, 3.05) is 12.4 Å². The van der Waals surface area contributed by atoms with Crippen molar-refractivity contribution in [3.63, 3.8) is 0 Å². The number of hydrogen-bond donors (Lipinski definition) is 1. The lowest BCUT2D eigenvalue weighted by Crippen LogP contribution is -2.10. The van der Waals surface area contributed by atoms with Crippen molar-refractivity contribution in [3.05, 3.63) is 29.8 Å². The van der Waals surface area contributed by atoms with Gasteiger partial charge in [-0.15, -0.1) is 0 Å². The van der Waals surface area contributed by atoms with E-state index >= 15 is 0 Å². The fraction of sp³-hybridized carbons (Fsp3) is 0.222. The molecule has 0 bridgehead atoms. The fourth-order valence-electron chi connectivity index (χ4n) is 0.921. The van der Waals surface area contributed by atoms with E-state index in [4.69, 9.17) is 0 Å². The third kappa shape index (κ3) is 2.69. The van der Waals surface area contributed by atoms with Crippen LogP contribution in [0.2, 0.25) is 0 Å². The molecule has 76 valence electrons. The Morgan fingerprint density at radius 2 is 2.21 bits per heavy atom. The molecule has 1 rings (SSSR count). The molecular weight excluding hydrogens is 192 g/mol. The first-order chi connectivity index (χ1) is 6.63. The van der Waals surface area contributed by atoms with E-state index < -0.39 is 12.5 Å². The van der Waals surface area contributed by atoms with E-state index in [1.54, 1.807) is 0 Å². The number of anilines is 1. The summed E-state index contributed by atoms with van der Waals surface area (Å²) in [4.78, 5) is 10.7. The molecule has 1 aromatic rings. The fourth-order valence-corrected chi connectivity index (χ4v) is 0.921. The van der Waals surface area contributed by atoms with E-state index in [1.807, 2.05) is 0 Å². The van der Waals surface area contributed by atoms with Crippen molar-refractivity contribution in [1.82, 2.24) is 0 Å². The number of halogens is 2. The van der Waals surface area contributed by atoms with Crippen molar-refractivity contribution < 1.29 is 18.3 Å². The van der Waals surface area contributed by atoms with Crippen LogP contribution in [-0.4, -0.2) is 13.2 Å². The van der Waals surface area contributed by atoms with Gasteiger partial charge in [0, 0.05) is 11.3 Å². The highest BCUT2D eigenvalue weighted by Gasteiger charge is 2.08. The lowest BCUT2D eigenvalue weighted by Gasteiger charge is -2.05. The number of hydrogen-bond acceptors (Lipinski definition) is 2. The molecule has 5 heteroatoms. The molecule has 0 aliphatic heterocycles. The van der Waals surface area contributed by atoms with E-state index in [9.17, 15) is 13.6 Å². The second-order valence-electron chi connectivity index (χ2n) is 2.54. The summed E-state index contributed by atoms with van der Waals surface area (Å²) in [7, 11) is 1.20. The van der Waals surface area contributed by atoms with Crippen LogP contribution in [0.1, 0.15) is 12.0 Å². The van der Waals surface area contributed by atoms with Gasteiger partial charge < -0.3 is 4.74 Å². The second-order valence-corrected chi connectivity index (χ2v) is 2.54. The van der Waals surface area contributed by atoms with Gasteiger partial charge in [-0.05, 0) is 12.1 Å². The predicted octanol–water partition coefficient (Wildman–Crippen LogP) is 2.80. The third-order valence-corrected chi connectivity index (χ3v) is 1.57. The topological polar surface area (TPSA) is 38.3 Å². The van der Waals surface area contributed by atoms with Gasteiger partial charge in [0.2, 0.25) is 0 Å². The number of methoxy groups -OCH3 is 1. The van der Waals surface area contributed by atoms with E-state index in [0.29, 0.717) is 0 Å². The summed E-state index contributed by atoms with van der Waals surface area (Å²) >= 11 is 0. The van der Waals surface area contributed by atoms with Gasteiger partial charge in [-0.2, -0.15) is 0 Å². The summed E-state index contributed by atoms with van der Waals surface area (Å²) in [5.41, 5.74) is 0.147. The maximum atomic E-state index is 12.2. The highest BCUT2D eigenvalue weighted by atomic mass is 19.3. The molecule has 0 spiro atoms. The Hall–Kier alpha value is -1.65. The normalized spacial score (nSPS) is 10.0. The summed E-state index contributed by atoms with van der Waals surface area (Å²) in [6, 6.07) is 5.42. The zero-order valence-corrected chi connectivity index (χ0v) is 7.46. The van der Waals surface area contributed by atoms with Crippen molar-refractivity contribution in [3.8, 4) is 0 Å². The van der Waals surface area contributed by atoms with E-state index in [1.165, 1.54) is 31.4 Å². The number of amides is 1. The SMILES string of the molecule is COC(=O)Nc1cccc(C(F)F)c1. The Morgan fingerprint density at radius 1 is 1.50 bits per heavy atom. The maximum Gasteiger partial charge on any atom is 0.411 e. The molecule has 0 heterocycles. The van der Waals surface area contributed by atoms with Crippen LogP contribution in [-0.2, 0) is 4.74 Å². The van der Waals surface area contributed by atoms with E-state index in [2.05, 4.69) is 10.1 Å². The van der Waals surface area contributed by atoms with Crippen molar-refractivity contribution in [2.45, 2.75) is 6.43 Å². The summed E-state index contributed by atoms with van der Waals surface area (Å²) < 4.78 is 28.8. The van der Waals surface area contributed by atoms with Gasteiger partial charge in [0.15, 0.2) is 0 Å². The molecule has 0 atom stereocenters. The van der Waals surface area contributed by atoms with Crippen LogP contribution in [0.25, 0.3) is 0 Å². The third-order valence-electron chi connectivity index (χ3n) is 1.57. The monoisotopic (exact) mass is 201 g/mol. The zero-order chi connectivity index (χ0) is 10.6. The molecule has 1 N–H and O–H groups in total. The lowest BCUT2D eigenvalue weighted by molar-refractivity contribution is 0.151. The first-order valence-electron chi connectivity index (χ1n) is 3.86. The molecule has 14 heavy (non-hydrogen) atoms. The predicted molar refractivity (Wildman–Crippen MR) is 47.4 cm³/mol. The quantitative estimate of drug-likeness (QED) is 0.798. The zero-order valence-electron chi connectivity index (χ0n) is 7.46. The molecule has 3 nitrogen and oxygen atoms in total. The van der Waals surface area contributed by atoms with Crippen molar-refractivity contribution in [1.29, 1.82) is 0 Å². The Kier molecular flexibility index (Phi) is 3.39. The number of carbonyl (C=O) groups excluding carboxylic acids is 1.